The Morgan fingerprint density at radius 2 is 1.90 bits per heavy atom. The van der Waals surface area contributed by atoms with Crippen molar-refractivity contribution in [3.63, 3.8) is 0 Å². The van der Waals surface area contributed by atoms with E-state index in [2.05, 4.69) is 10.6 Å². The Bertz CT molecular complexity index is 490. The molecule has 1 amide bonds. The predicted molar refractivity (Wildman–Crippen MR) is 85.3 cm³/mol. The molecule has 2 fully saturated rings. The van der Waals surface area contributed by atoms with Crippen molar-refractivity contribution in [3.8, 4) is 0 Å². The second kappa shape index (κ2) is 6.37. The molecule has 3 nitrogen and oxygen atoms in total. The summed E-state index contributed by atoms with van der Waals surface area (Å²) in [5.41, 5.74) is 1.10. The molecule has 3 unspecified atom stereocenters. The van der Waals surface area contributed by atoms with Gasteiger partial charge in [-0.3, -0.25) is 4.79 Å². The van der Waals surface area contributed by atoms with Gasteiger partial charge in [0.2, 0.25) is 5.91 Å². The first-order valence-electron chi connectivity index (χ1n) is 7.91. The molecular weight excluding hydrogens is 284 g/mol. The Morgan fingerprint density at radius 3 is 2.52 bits per heavy atom. The van der Waals surface area contributed by atoms with Gasteiger partial charge in [-0.05, 0) is 56.2 Å². The highest BCUT2D eigenvalue weighted by Gasteiger charge is 2.34. The highest BCUT2D eigenvalue weighted by Crippen LogP contribution is 2.32. The van der Waals surface area contributed by atoms with Gasteiger partial charge in [0, 0.05) is 23.5 Å². The summed E-state index contributed by atoms with van der Waals surface area (Å²) in [7, 11) is 0. The van der Waals surface area contributed by atoms with E-state index in [-0.39, 0.29) is 11.9 Å². The van der Waals surface area contributed by atoms with Crippen LogP contribution in [0.15, 0.2) is 24.3 Å². The third-order valence-electron chi connectivity index (χ3n) is 4.79. The third-order valence-corrected chi connectivity index (χ3v) is 5.04. The lowest BCUT2D eigenvalue weighted by molar-refractivity contribution is -0.122. The van der Waals surface area contributed by atoms with Crippen LogP contribution in [-0.2, 0) is 4.79 Å². The molecule has 2 aliphatic rings. The number of carbonyl (C=O) groups excluding carboxylic acids is 1. The maximum atomic E-state index is 12.2. The number of fused-ring (bicyclic) bond motifs is 2. The zero-order valence-corrected chi connectivity index (χ0v) is 13.2. The van der Waals surface area contributed by atoms with E-state index < -0.39 is 0 Å². The Hall–Kier alpha value is -1.06. The molecule has 0 aliphatic carbocycles. The second-order valence-electron chi connectivity index (χ2n) is 6.52. The van der Waals surface area contributed by atoms with Crippen LogP contribution in [0.1, 0.15) is 50.6 Å². The van der Waals surface area contributed by atoms with Crippen molar-refractivity contribution in [1.29, 1.82) is 0 Å². The maximum Gasteiger partial charge on any atom is 0.220 e. The van der Waals surface area contributed by atoms with Crippen LogP contribution in [0.2, 0.25) is 5.02 Å². The van der Waals surface area contributed by atoms with Crippen molar-refractivity contribution in [1.82, 2.24) is 10.6 Å². The van der Waals surface area contributed by atoms with Gasteiger partial charge in [-0.1, -0.05) is 23.7 Å². The molecule has 0 radical (unpaired) electrons. The first-order chi connectivity index (χ1) is 10.1. The summed E-state index contributed by atoms with van der Waals surface area (Å²) < 4.78 is 0. The number of piperidine rings is 1. The molecule has 3 rings (SSSR count). The lowest BCUT2D eigenvalue weighted by Gasteiger charge is -2.29. The molecule has 2 N–H and O–H groups in total. The van der Waals surface area contributed by atoms with E-state index in [1.807, 2.05) is 31.2 Å². The molecule has 0 aromatic heterocycles. The first-order valence-corrected chi connectivity index (χ1v) is 8.29. The predicted octanol–water partition coefficient (Wildman–Crippen LogP) is 3.44. The summed E-state index contributed by atoms with van der Waals surface area (Å²) in [6, 6.07) is 9.00. The van der Waals surface area contributed by atoms with Gasteiger partial charge in [0.05, 0.1) is 6.04 Å². The van der Waals surface area contributed by atoms with Gasteiger partial charge in [-0.15, -0.1) is 0 Å². The van der Waals surface area contributed by atoms with E-state index in [4.69, 9.17) is 11.6 Å². The minimum atomic E-state index is 0.0354. The van der Waals surface area contributed by atoms with E-state index in [1.165, 1.54) is 12.8 Å². The molecule has 2 bridgehead atoms. The molecule has 2 heterocycles. The molecule has 3 atom stereocenters. The number of benzene rings is 1. The largest absolute Gasteiger partial charge is 0.350 e. The third kappa shape index (κ3) is 3.78. The van der Waals surface area contributed by atoms with Crippen molar-refractivity contribution in [2.45, 2.75) is 57.2 Å². The number of halogens is 1. The molecule has 4 heteroatoms. The van der Waals surface area contributed by atoms with Gasteiger partial charge in [-0.2, -0.15) is 0 Å². The molecule has 114 valence electrons. The fraction of sp³-hybridized carbons (Fsp3) is 0.588. The van der Waals surface area contributed by atoms with Crippen molar-refractivity contribution in [3.05, 3.63) is 34.9 Å². The van der Waals surface area contributed by atoms with Gasteiger partial charge in [0.25, 0.3) is 0 Å². The van der Waals surface area contributed by atoms with E-state index in [1.54, 1.807) is 0 Å². The summed E-state index contributed by atoms with van der Waals surface area (Å²) in [5, 5.41) is 7.46. The monoisotopic (exact) mass is 306 g/mol. The van der Waals surface area contributed by atoms with Gasteiger partial charge in [-0.25, -0.2) is 0 Å². The number of carbonyl (C=O) groups is 1. The van der Waals surface area contributed by atoms with Crippen molar-refractivity contribution in [2.24, 2.45) is 5.92 Å². The standard InChI is InChI=1S/C17H23ClN2O/c1-11(13-2-4-14(18)5-3-13)19-17(21)10-12-8-15-6-7-16(9-12)20-15/h2-5,11-12,15-16,20H,6-10H2,1H3,(H,19,21). The van der Waals surface area contributed by atoms with Gasteiger partial charge >= 0.3 is 0 Å². The second-order valence-corrected chi connectivity index (χ2v) is 6.96. The lowest BCUT2D eigenvalue weighted by atomic mass is 9.89. The topological polar surface area (TPSA) is 41.1 Å². The fourth-order valence-corrected chi connectivity index (χ4v) is 3.87. The van der Waals surface area contributed by atoms with E-state index in [9.17, 15) is 4.79 Å². The minimum Gasteiger partial charge on any atom is -0.350 e. The molecule has 2 aliphatic heterocycles. The van der Waals surface area contributed by atoms with Crippen LogP contribution >= 0.6 is 11.6 Å². The van der Waals surface area contributed by atoms with Crippen LogP contribution in [0.25, 0.3) is 0 Å². The van der Waals surface area contributed by atoms with Crippen LogP contribution in [0, 0.1) is 5.92 Å². The number of rotatable bonds is 4. The number of hydrogen-bond donors (Lipinski definition) is 2. The SMILES string of the molecule is CC(NC(=O)CC1CC2CCC(C1)N2)c1ccc(Cl)cc1. The quantitative estimate of drug-likeness (QED) is 0.894. The van der Waals surface area contributed by atoms with E-state index >= 15 is 0 Å². The summed E-state index contributed by atoms with van der Waals surface area (Å²) in [5.74, 6) is 0.713. The first kappa shape index (κ1) is 14.9. The number of amides is 1. The summed E-state index contributed by atoms with van der Waals surface area (Å²) in [4.78, 5) is 12.2. The Kier molecular flexibility index (Phi) is 4.51. The average Bonchev–Trinajstić information content (AvgIpc) is 2.78. The normalized spacial score (nSPS) is 29.1. The smallest absolute Gasteiger partial charge is 0.220 e. The van der Waals surface area contributed by atoms with E-state index in [0.717, 1.165) is 23.4 Å². The molecule has 21 heavy (non-hydrogen) atoms. The van der Waals surface area contributed by atoms with Crippen LogP contribution in [-0.4, -0.2) is 18.0 Å². The molecule has 2 saturated heterocycles. The van der Waals surface area contributed by atoms with Gasteiger partial charge < -0.3 is 10.6 Å². The minimum absolute atomic E-state index is 0.0354. The highest BCUT2D eigenvalue weighted by atomic mass is 35.5. The summed E-state index contributed by atoms with van der Waals surface area (Å²) in [6.45, 7) is 2.02. The van der Waals surface area contributed by atoms with Gasteiger partial charge in [0.15, 0.2) is 0 Å². The molecule has 0 saturated carbocycles. The highest BCUT2D eigenvalue weighted by molar-refractivity contribution is 6.30. The summed E-state index contributed by atoms with van der Waals surface area (Å²) in [6.07, 6.45) is 5.53. The lowest BCUT2D eigenvalue weighted by Crippen LogP contribution is -2.40. The van der Waals surface area contributed by atoms with E-state index in [0.29, 0.717) is 24.4 Å². The molecule has 1 aromatic rings. The summed E-state index contributed by atoms with van der Waals surface area (Å²) >= 11 is 5.89. The molecule has 0 spiro atoms. The number of nitrogens with one attached hydrogen (secondary N) is 2. The zero-order valence-electron chi connectivity index (χ0n) is 12.4. The maximum absolute atomic E-state index is 12.2. The Labute approximate surface area is 131 Å². The number of hydrogen-bond acceptors (Lipinski definition) is 2. The van der Waals surface area contributed by atoms with Crippen LogP contribution in [0.4, 0.5) is 0 Å². The van der Waals surface area contributed by atoms with Crippen LogP contribution in [0.5, 0.6) is 0 Å². The average molecular weight is 307 g/mol. The molecular formula is C17H23ClN2O. The van der Waals surface area contributed by atoms with Crippen molar-refractivity contribution >= 4 is 17.5 Å². The van der Waals surface area contributed by atoms with Crippen molar-refractivity contribution < 1.29 is 4.79 Å². The van der Waals surface area contributed by atoms with Crippen LogP contribution in [0.3, 0.4) is 0 Å². The molecule has 1 aromatic carbocycles. The zero-order chi connectivity index (χ0) is 14.8. The fourth-order valence-electron chi connectivity index (χ4n) is 3.74. The Morgan fingerprint density at radius 1 is 1.29 bits per heavy atom. The van der Waals surface area contributed by atoms with Crippen LogP contribution < -0.4 is 10.6 Å². The van der Waals surface area contributed by atoms with Gasteiger partial charge in [0.1, 0.15) is 0 Å². The Balaban J connectivity index is 1.50. The van der Waals surface area contributed by atoms with Crippen molar-refractivity contribution in [2.75, 3.05) is 0 Å².